The number of hydrogen-bond acceptors (Lipinski definition) is 3. The minimum atomic E-state index is -0.0461. The molecule has 2 rings (SSSR count). The summed E-state index contributed by atoms with van der Waals surface area (Å²) in [6.45, 7) is 1.59. The van der Waals surface area contributed by atoms with E-state index in [2.05, 4.69) is 10.6 Å². The zero-order valence-electron chi connectivity index (χ0n) is 11.4. The average Bonchev–Trinajstić information content (AvgIpc) is 3.23. The first-order chi connectivity index (χ1) is 9.21. The molecule has 1 fully saturated rings. The Bertz CT molecular complexity index is 442. The maximum atomic E-state index is 12.2. The summed E-state index contributed by atoms with van der Waals surface area (Å²) in [7, 11) is 1.90. The molecule has 4 nitrogen and oxygen atoms in total. The zero-order valence-corrected chi connectivity index (χ0v) is 11.4. The summed E-state index contributed by atoms with van der Waals surface area (Å²) in [4.78, 5) is 12.2. The average molecular weight is 262 g/mol. The first-order valence-corrected chi connectivity index (χ1v) is 6.82. The number of benzene rings is 1. The van der Waals surface area contributed by atoms with Crippen LogP contribution in [-0.4, -0.2) is 37.8 Å². The van der Waals surface area contributed by atoms with Crippen molar-refractivity contribution in [2.45, 2.75) is 19.3 Å². The van der Waals surface area contributed by atoms with E-state index in [9.17, 15) is 9.90 Å². The molecule has 1 saturated carbocycles. The van der Waals surface area contributed by atoms with Crippen molar-refractivity contribution in [2.75, 3.05) is 26.7 Å². The molecule has 1 aromatic rings. The molecule has 0 saturated heterocycles. The zero-order chi connectivity index (χ0) is 13.7. The van der Waals surface area contributed by atoms with Crippen molar-refractivity contribution in [3.8, 4) is 0 Å². The second-order valence-corrected chi connectivity index (χ2v) is 5.35. The van der Waals surface area contributed by atoms with Crippen molar-refractivity contribution in [2.24, 2.45) is 5.41 Å². The van der Waals surface area contributed by atoms with E-state index in [1.165, 1.54) is 0 Å². The van der Waals surface area contributed by atoms with Crippen molar-refractivity contribution in [3.05, 3.63) is 35.4 Å². The van der Waals surface area contributed by atoms with Crippen LogP contribution in [0.25, 0.3) is 0 Å². The monoisotopic (exact) mass is 262 g/mol. The highest BCUT2D eigenvalue weighted by atomic mass is 16.3. The lowest BCUT2D eigenvalue weighted by Crippen LogP contribution is -2.32. The number of carbonyl (C=O) groups excluding carboxylic acids is 1. The lowest BCUT2D eigenvalue weighted by atomic mass is 10.0. The van der Waals surface area contributed by atoms with Gasteiger partial charge in [-0.2, -0.15) is 0 Å². The number of nitrogens with one attached hydrogen (secondary N) is 2. The molecule has 1 amide bonds. The number of aliphatic hydroxyl groups is 1. The number of amides is 1. The van der Waals surface area contributed by atoms with Gasteiger partial charge < -0.3 is 15.7 Å². The molecule has 1 aromatic carbocycles. The van der Waals surface area contributed by atoms with Crippen LogP contribution in [0.3, 0.4) is 0 Å². The number of hydrogen-bond donors (Lipinski definition) is 3. The van der Waals surface area contributed by atoms with Gasteiger partial charge in [-0.3, -0.25) is 4.79 Å². The Morgan fingerprint density at radius 2 is 2.11 bits per heavy atom. The maximum absolute atomic E-state index is 12.2. The minimum Gasteiger partial charge on any atom is -0.396 e. The lowest BCUT2D eigenvalue weighted by Gasteiger charge is -2.14. The van der Waals surface area contributed by atoms with Crippen LogP contribution in [0.2, 0.25) is 0 Å². The summed E-state index contributed by atoms with van der Waals surface area (Å²) in [5.74, 6) is -0.0357. The Hall–Kier alpha value is -1.39. The van der Waals surface area contributed by atoms with Crippen LogP contribution >= 0.6 is 0 Å². The number of carbonyl (C=O) groups is 1. The fourth-order valence-corrected chi connectivity index (χ4v) is 2.15. The van der Waals surface area contributed by atoms with Crippen LogP contribution in [0.5, 0.6) is 0 Å². The third-order valence-corrected chi connectivity index (χ3v) is 3.82. The lowest BCUT2D eigenvalue weighted by molar-refractivity contribution is 0.0934. The summed E-state index contributed by atoms with van der Waals surface area (Å²) in [5, 5.41) is 15.3. The SMILES string of the molecule is CNCCc1ccccc1C(=O)NCC1(CO)CC1. The van der Waals surface area contributed by atoms with Crippen LogP contribution in [0.15, 0.2) is 24.3 Å². The topological polar surface area (TPSA) is 61.4 Å². The quantitative estimate of drug-likeness (QED) is 0.685. The van der Waals surface area contributed by atoms with Gasteiger partial charge in [0.2, 0.25) is 0 Å². The molecule has 0 heterocycles. The Morgan fingerprint density at radius 1 is 1.37 bits per heavy atom. The number of likely N-dealkylation sites (N-methyl/N-ethyl adjacent to an activating group) is 1. The Balaban J connectivity index is 1.98. The highest BCUT2D eigenvalue weighted by Gasteiger charge is 2.42. The number of aliphatic hydroxyl groups excluding tert-OH is 1. The molecule has 0 bridgehead atoms. The maximum Gasteiger partial charge on any atom is 0.251 e. The fraction of sp³-hybridized carbons (Fsp3) is 0.533. The predicted octanol–water partition coefficient (Wildman–Crippen LogP) is 0.951. The van der Waals surface area contributed by atoms with Crippen LogP contribution in [0.1, 0.15) is 28.8 Å². The summed E-state index contributed by atoms with van der Waals surface area (Å²) in [6, 6.07) is 7.69. The van der Waals surface area contributed by atoms with Crippen molar-refractivity contribution in [3.63, 3.8) is 0 Å². The molecule has 0 radical (unpaired) electrons. The summed E-state index contributed by atoms with van der Waals surface area (Å²) >= 11 is 0. The molecule has 0 atom stereocenters. The predicted molar refractivity (Wildman–Crippen MR) is 75.2 cm³/mol. The van der Waals surface area contributed by atoms with E-state index < -0.39 is 0 Å². The molecule has 1 aliphatic carbocycles. The van der Waals surface area contributed by atoms with E-state index in [1.807, 2.05) is 31.3 Å². The molecule has 19 heavy (non-hydrogen) atoms. The van der Waals surface area contributed by atoms with Gasteiger partial charge in [0.05, 0.1) is 6.61 Å². The first kappa shape index (κ1) is 14.0. The van der Waals surface area contributed by atoms with Crippen LogP contribution in [0.4, 0.5) is 0 Å². The van der Waals surface area contributed by atoms with Gasteiger partial charge in [0.1, 0.15) is 0 Å². The second kappa shape index (κ2) is 6.17. The molecule has 0 spiro atoms. The number of rotatable bonds is 7. The smallest absolute Gasteiger partial charge is 0.251 e. The first-order valence-electron chi connectivity index (χ1n) is 6.82. The van der Waals surface area contributed by atoms with Gasteiger partial charge in [-0.15, -0.1) is 0 Å². The van der Waals surface area contributed by atoms with Crippen molar-refractivity contribution < 1.29 is 9.90 Å². The molecular weight excluding hydrogens is 240 g/mol. The Kier molecular flexibility index (Phi) is 4.56. The van der Waals surface area contributed by atoms with Gasteiger partial charge in [0.15, 0.2) is 0 Å². The van der Waals surface area contributed by atoms with Crippen molar-refractivity contribution in [1.82, 2.24) is 10.6 Å². The second-order valence-electron chi connectivity index (χ2n) is 5.35. The van der Waals surface area contributed by atoms with Gasteiger partial charge >= 0.3 is 0 Å². The molecular formula is C15H22N2O2. The van der Waals surface area contributed by atoms with Gasteiger partial charge in [0, 0.05) is 17.5 Å². The van der Waals surface area contributed by atoms with Crippen LogP contribution < -0.4 is 10.6 Å². The highest BCUT2D eigenvalue weighted by Crippen LogP contribution is 2.44. The molecule has 0 unspecified atom stereocenters. The molecule has 0 aliphatic heterocycles. The summed E-state index contributed by atoms with van der Waals surface area (Å²) < 4.78 is 0. The molecule has 4 heteroatoms. The third kappa shape index (κ3) is 3.55. The largest absolute Gasteiger partial charge is 0.396 e. The fourth-order valence-electron chi connectivity index (χ4n) is 2.15. The van der Waals surface area contributed by atoms with Gasteiger partial charge in [0.25, 0.3) is 5.91 Å². The van der Waals surface area contributed by atoms with Gasteiger partial charge in [-0.25, -0.2) is 0 Å². The summed E-state index contributed by atoms with van der Waals surface area (Å²) in [6.07, 6.45) is 2.85. The van der Waals surface area contributed by atoms with E-state index >= 15 is 0 Å². The van der Waals surface area contributed by atoms with E-state index in [4.69, 9.17) is 0 Å². The van der Waals surface area contributed by atoms with E-state index in [0.29, 0.717) is 6.54 Å². The molecule has 1 aliphatic rings. The van der Waals surface area contributed by atoms with E-state index in [-0.39, 0.29) is 17.9 Å². The minimum absolute atomic E-state index is 0.0357. The Labute approximate surface area is 114 Å². The summed E-state index contributed by atoms with van der Waals surface area (Å²) in [5.41, 5.74) is 1.75. The molecule has 0 aromatic heterocycles. The van der Waals surface area contributed by atoms with Gasteiger partial charge in [-0.05, 0) is 44.5 Å². The van der Waals surface area contributed by atoms with Crippen molar-refractivity contribution in [1.29, 1.82) is 0 Å². The van der Waals surface area contributed by atoms with Crippen molar-refractivity contribution >= 4 is 5.91 Å². The highest BCUT2D eigenvalue weighted by molar-refractivity contribution is 5.95. The van der Waals surface area contributed by atoms with E-state index in [0.717, 1.165) is 36.9 Å². The third-order valence-electron chi connectivity index (χ3n) is 3.82. The van der Waals surface area contributed by atoms with E-state index in [1.54, 1.807) is 0 Å². The standard InChI is InChI=1S/C15H22N2O2/c1-16-9-6-12-4-2-3-5-13(12)14(19)17-10-15(11-18)7-8-15/h2-5,16,18H,6-11H2,1H3,(H,17,19). The van der Waals surface area contributed by atoms with Crippen LogP contribution in [0, 0.1) is 5.41 Å². The Morgan fingerprint density at radius 3 is 2.74 bits per heavy atom. The van der Waals surface area contributed by atoms with Gasteiger partial charge in [-0.1, -0.05) is 18.2 Å². The normalized spacial score (nSPS) is 16.1. The molecule has 104 valence electrons. The molecule has 3 N–H and O–H groups in total. The van der Waals surface area contributed by atoms with Crippen LogP contribution in [-0.2, 0) is 6.42 Å².